The standard InChI is InChI=1S/C16H21BrN4/c1-13-10-16(19-12-18-13)21(9-8-20(2)3)11-14-4-6-15(17)7-5-14/h4-7,10,12H,8-9,11H2,1-3H3. The predicted molar refractivity (Wildman–Crippen MR) is 90.5 cm³/mol. The van der Waals surface area contributed by atoms with Crippen LogP contribution in [0.25, 0.3) is 0 Å². The Labute approximate surface area is 135 Å². The van der Waals surface area contributed by atoms with Crippen LogP contribution in [0.2, 0.25) is 0 Å². The number of halogens is 1. The van der Waals surface area contributed by atoms with Crippen LogP contribution < -0.4 is 4.90 Å². The van der Waals surface area contributed by atoms with Gasteiger partial charge in [0.05, 0.1) is 0 Å². The molecule has 1 heterocycles. The van der Waals surface area contributed by atoms with E-state index in [-0.39, 0.29) is 0 Å². The number of anilines is 1. The zero-order valence-corrected chi connectivity index (χ0v) is 14.3. The van der Waals surface area contributed by atoms with Gasteiger partial charge in [0.1, 0.15) is 12.1 Å². The van der Waals surface area contributed by atoms with Gasteiger partial charge in [0.2, 0.25) is 0 Å². The summed E-state index contributed by atoms with van der Waals surface area (Å²) in [5.74, 6) is 0.979. The first-order valence-corrected chi connectivity index (χ1v) is 7.76. The van der Waals surface area contributed by atoms with E-state index in [1.165, 1.54) is 5.56 Å². The Hall–Kier alpha value is -1.46. The first-order valence-electron chi connectivity index (χ1n) is 6.97. The van der Waals surface area contributed by atoms with Crippen molar-refractivity contribution in [3.8, 4) is 0 Å². The van der Waals surface area contributed by atoms with E-state index in [0.717, 1.165) is 35.6 Å². The fourth-order valence-corrected chi connectivity index (χ4v) is 2.28. The number of aromatic nitrogens is 2. The zero-order valence-electron chi connectivity index (χ0n) is 12.8. The number of likely N-dealkylation sites (N-methyl/N-ethyl adjacent to an activating group) is 1. The Morgan fingerprint density at radius 2 is 1.76 bits per heavy atom. The molecule has 0 N–H and O–H groups in total. The van der Waals surface area contributed by atoms with Crippen molar-refractivity contribution in [1.82, 2.24) is 14.9 Å². The molecule has 112 valence electrons. The zero-order chi connectivity index (χ0) is 15.2. The average molecular weight is 349 g/mol. The highest BCUT2D eigenvalue weighted by molar-refractivity contribution is 9.10. The molecule has 1 aromatic carbocycles. The van der Waals surface area contributed by atoms with Crippen LogP contribution in [0.15, 0.2) is 41.1 Å². The molecule has 0 aliphatic rings. The van der Waals surface area contributed by atoms with Crippen LogP contribution in [0.5, 0.6) is 0 Å². The van der Waals surface area contributed by atoms with Gasteiger partial charge in [0, 0.05) is 35.9 Å². The topological polar surface area (TPSA) is 32.3 Å². The molecule has 1 aromatic heterocycles. The van der Waals surface area contributed by atoms with Crippen molar-refractivity contribution in [2.45, 2.75) is 13.5 Å². The second-order valence-electron chi connectivity index (χ2n) is 5.37. The van der Waals surface area contributed by atoms with Crippen LogP contribution in [0, 0.1) is 6.92 Å². The molecule has 0 spiro atoms. The average Bonchev–Trinajstić information content (AvgIpc) is 2.45. The second-order valence-corrected chi connectivity index (χ2v) is 6.28. The molecule has 0 bridgehead atoms. The fraction of sp³-hybridized carbons (Fsp3) is 0.375. The smallest absolute Gasteiger partial charge is 0.132 e. The van der Waals surface area contributed by atoms with Crippen LogP contribution in [-0.2, 0) is 6.54 Å². The van der Waals surface area contributed by atoms with Gasteiger partial charge in [0.15, 0.2) is 0 Å². The highest BCUT2D eigenvalue weighted by Crippen LogP contribution is 2.17. The molecule has 0 amide bonds. The molecular weight excluding hydrogens is 328 g/mol. The maximum atomic E-state index is 4.42. The van der Waals surface area contributed by atoms with Crippen molar-refractivity contribution >= 4 is 21.7 Å². The molecule has 0 unspecified atom stereocenters. The number of hydrogen-bond donors (Lipinski definition) is 0. The van der Waals surface area contributed by atoms with Gasteiger partial charge in [-0.1, -0.05) is 28.1 Å². The summed E-state index contributed by atoms with van der Waals surface area (Å²) in [6, 6.07) is 10.5. The monoisotopic (exact) mass is 348 g/mol. The van der Waals surface area contributed by atoms with Gasteiger partial charge in [-0.05, 0) is 38.7 Å². The van der Waals surface area contributed by atoms with Crippen molar-refractivity contribution in [3.63, 3.8) is 0 Å². The van der Waals surface area contributed by atoms with Gasteiger partial charge in [0.25, 0.3) is 0 Å². The highest BCUT2D eigenvalue weighted by atomic mass is 79.9. The first kappa shape index (κ1) is 15.9. The molecule has 0 aliphatic carbocycles. The van der Waals surface area contributed by atoms with Crippen LogP contribution in [0.3, 0.4) is 0 Å². The van der Waals surface area contributed by atoms with Crippen molar-refractivity contribution in [2.24, 2.45) is 0 Å². The molecule has 0 atom stereocenters. The summed E-state index contributed by atoms with van der Waals surface area (Å²) < 4.78 is 1.10. The second kappa shape index (κ2) is 7.52. The van der Waals surface area contributed by atoms with E-state index in [1.54, 1.807) is 6.33 Å². The quantitative estimate of drug-likeness (QED) is 0.802. The van der Waals surface area contributed by atoms with Crippen molar-refractivity contribution in [2.75, 3.05) is 32.1 Å². The van der Waals surface area contributed by atoms with E-state index in [1.807, 2.05) is 13.0 Å². The first-order chi connectivity index (χ1) is 10.0. The lowest BCUT2D eigenvalue weighted by atomic mass is 10.2. The van der Waals surface area contributed by atoms with Gasteiger partial charge in [-0.25, -0.2) is 9.97 Å². The van der Waals surface area contributed by atoms with Crippen LogP contribution in [0.4, 0.5) is 5.82 Å². The summed E-state index contributed by atoms with van der Waals surface area (Å²) in [5.41, 5.74) is 2.26. The lowest BCUT2D eigenvalue weighted by Gasteiger charge is -2.25. The molecule has 0 aliphatic heterocycles. The Morgan fingerprint density at radius 1 is 1.05 bits per heavy atom. The van der Waals surface area contributed by atoms with Crippen molar-refractivity contribution in [1.29, 1.82) is 0 Å². The van der Waals surface area contributed by atoms with Gasteiger partial charge in [-0.2, -0.15) is 0 Å². The maximum absolute atomic E-state index is 4.42. The number of benzene rings is 1. The van der Waals surface area contributed by atoms with E-state index in [2.05, 4.69) is 74.1 Å². The Kier molecular flexibility index (Phi) is 5.70. The number of rotatable bonds is 6. The van der Waals surface area contributed by atoms with Gasteiger partial charge in [-0.3, -0.25) is 0 Å². The molecule has 0 radical (unpaired) electrons. The summed E-state index contributed by atoms with van der Waals surface area (Å²) in [5, 5.41) is 0. The van der Waals surface area contributed by atoms with E-state index in [4.69, 9.17) is 0 Å². The Morgan fingerprint density at radius 3 is 2.38 bits per heavy atom. The third-order valence-corrected chi connectivity index (χ3v) is 3.75. The molecule has 2 rings (SSSR count). The van der Waals surface area contributed by atoms with Crippen molar-refractivity contribution in [3.05, 3.63) is 52.4 Å². The summed E-state index contributed by atoms with van der Waals surface area (Å²) >= 11 is 3.48. The van der Waals surface area contributed by atoms with Crippen LogP contribution >= 0.6 is 15.9 Å². The third-order valence-electron chi connectivity index (χ3n) is 3.22. The van der Waals surface area contributed by atoms with E-state index >= 15 is 0 Å². The summed E-state index contributed by atoms with van der Waals surface area (Å²) in [6.45, 7) is 4.76. The number of hydrogen-bond acceptors (Lipinski definition) is 4. The third kappa shape index (κ3) is 5.10. The maximum Gasteiger partial charge on any atom is 0.132 e. The normalized spacial score (nSPS) is 10.9. The molecule has 5 heteroatoms. The summed E-state index contributed by atoms with van der Waals surface area (Å²) in [7, 11) is 4.17. The lowest BCUT2D eigenvalue weighted by molar-refractivity contribution is 0.412. The molecule has 0 saturated carbocycles. The van der Waals surface area contributed by atoms with E-state index < -0.39 is 0 Å². The minimum Gasteiger partial charge on any atom is -0.351 e. The largest absolute Gasteiger partial charge is 0.351 e. The minimum absolute atomic E-state index is 0.845. The molecule has 0 saturated heterocycles. The van der Waals surface area contributed by atoms with E-state index in [9.17, 15) is 0 Å². The van der Waals surface area contributed by atoms with Gasteiger partial charge >= 0.3 is 0 Å². The SMILES string of the molecule is Cc1cc(N(CCN(C)C)Cc2ccc(Br)cc2)ncn1. The lowest BCUT2D eigenvalue weighted by Crippen LogP contribution is -2.32. The Balaban J connectivity index is 2.17. The molecule has 21 heavy (non-hydrogen) atoms. The molecule has 4 nitrogen and oxygen atoms in total. The van der Waals surface area contributed by atoms with Gasteiger partial charge in [-0.15, -0.1) is 0 Å². The highest BCUT2D eigenvalue weighted by Gasteiger charge is 2.10. The predicted octanol–water partition coefficient (Wildman–Crippen LogP) is 3.12. The molecular formula is C16H21BrN4. The summed E-state index contributed by atoms with van der Waals surface area (Å²) in [6.07, 6.45) is 1.63. The number of aryl methyl sites for hydroxylation is 1. The van der Waals surface area contributed by atoms with Crippen molar-refractivity contribution < 1.29 is 0 Å². The van der Waals surface area contributed by atoms with Crippen LogP contribution in [-0.4, -0.2) is 42.1 Å². The Bertz CT molecular complexity index is 569. The van der Waals surface area contributed by atoms with Crippen LogP contribution in [0.1, 0.15) is 11.3 Å². The molecule has 0 fully saturated rings. The number of nitrogens with zero attached hydrogens (tertiary/aromatic N) is 4. The van der Waals surface area contributed by atoms with E-state index in [0.29, 0.717) is 0 Å². The minimum atomic E-state index is 0.845. The molecule has 2 aromatic rings. The fourth-order valence-electron chi connectivity index (χ4n) is 2.02. The summed E-state index contributed by atoms with van der Waals surface area (Å²) in [4.78, 5) is 13.1. The van der Waals surface area contributed by atoms with Gasteiger partial charge < -0.3 is 9.80 Å².